The smallest absolute Gasteiger partial charge is 0.305 e. The number of ether oxygens (including phenoxy) is 2. The Labute approximate surface area is 136 Å². The number of carbonyl (C=O) groups excluding carboxylic acids is 1. The van der Waals surface area contributed by atoms with E-state index in [1.165, 1.54) is 7.11 Å². The molecule has 1 aromatic carbocycles. The summed E-state index contributed by atoms with van der Waals surface area (Å²) >= 11 is 0. The Morgan fingerprint density at radius 3 is 2.39 bits per heavy atom. The third kappa shape index (κ3) is 3.41. The molecule has 0 bridgehead atoms. The molecule has 2 rings (SSSR count). The van der Waals surface area contributed by atoms with Crippen molar-refractivity contribution in [3.8, 4) is 11.5 Å². The monoisotopic (exact) mass is 321 g/mol. The maximum atomic E-state index is 12.5. The van der Waals surface area contributed by atoms with Crippen LogP contribution in [0.2, 0.25) is 0 Å². The number of carbonyl (C=O) groups is 2. The van der Waals surface area contributed by atoms with Gasteiger partial charge in [0.1, 0.15) is 0 Å². The molecule has 6 nitrogen and oxygen atoms in total. The van der Waals surface area contributed by atoms with E-state index in [1.807, 2.05) is 19.9 Å². The van der Waals surface area contributed by atoms with Crippen molar-refractivity contribution < 1.29 is 24.2 Å². The predicted molar refractivity (Wildman–Crippen MR) is 84.8 cm³/mol. The van der Waals surface area contributed by atoms with E-state index >= 15 is 0 Å². The van der Waals surface area contributed by atoms with Gasteiger partial charge >= 0.3 is 5.97 Å². The number of methoxy groups -OCH3 is 2. The van der Waals surface area contributed by atoms with Gasteiger partial charge < -0.3 is 19.5 Å². The van der Waals surface area contributed by atoms with Crippen molar-refractivity contribution in [2.24, 2.45) is 5.92 Å². The lowest BCUT2D eigenvalue weighted by molar-refractivity contribution is -0.142. The molecule has 0 aliphatic carbocycles. The minimum Gasteiger partial charge on any atom is -0.493 e. The molecule has 1 aromatic rings. The molecule has 0 fully saturated rings. The zero-order chi connectivity index (χ0) is 17.1. The largest absolute Gasteiger partial charge is 0.493 e. The van der Waals surface area contributed by atoms with Crippen LogP contribution in [0, 0.1) is 5.92 Å². The minimum absolute atomic E-state index is 0.0308. The molecule has 1 aliphatic heterocycles. The molecular formula is C17H23NO5. The summed E-state index contributed by atoms with van der Waals surface area (Å²) in [6.07, 6.45) is 0.547. The molecule has 1 aliphatic rings. The van der Waals surface area contributed by atoms with Crippen molar-refractivity contribution >= 4 is 11.9 Å². The normalized spacial score (nSPS) is 16.9. The highest BCUT2D eigenvalue weighted by Crippen LogP contribution is 2.39. The van der Waals surface area contributed by atoms with Gasteiger partial charge in [-0.3, -0.25) is 9.59 Å². The Morgan fingerprint density at radius 2 is 1.87 bits per heavy atom. The molecule has 0 saturated carbocycles. The number of aliphatic carboxylic acids is 1. The molecule has 0 aromatic heterocycles. The highest BCUT2D eigenvalue weighted by molar-refractivity contribution is 5.80. The number of amides is 1. The fourth-order valence-electron chi connectivity index (χ4n) is 3.01. The van der Waals surface area contributed by atoms with E-state index in [0.717, 1.165) is 11.1 Å². The number of hydrogen-bond acceptors (Lipinski definition) is 4. The molecule has 1 heterocycles. The van der Waals surface area contributed by atoms with Crippen LogP contribution < -0.4 is 9.47 Å². The van der Waals surface area contributed by atoms with Gasteiger partial charge in [-0.05, 0) is 29.7 Å². The molecular weight excluding hydrogens is 298 g/mol. The maximum absolute atomic E-state index is 12.5. The molecule has 1 atom stereocenters. The third-order valence-electron chi connectivity index (χ3n) is 4.15. The second-order valence-corrected chi connectivity index (χ2v) is 5.96. The first-order chi connectivity index (χ1) is 10.9. The number of carboxylic acids is 1. The average molecular weight is 321 g/mol. The standard InChI is InChI=1S/C17H23NO5/c1-10(2)17(21)18-6-5-11-7-14(22-3)15(23-4)8-12(11)13(18)9-16(19)20/h7-8,10,13H,5-6,9H2,1-4H3,(H,19,20). The summed E-state index contributed by atoms with van der Waals surface area (Å²) in [4.78, 5) is 25.4. The van der Waals surface area contributed by atoms with Gasteiger partial charge in [0.05, 0.1) is 26.7 Å². The number of fused-ring (bicyclic) bond motifs is 1. The van der Waals surface area contributed by atoms with Gasteiger partial charge in [-0.2, -0.15) is 0 Å². The Morgan fingerprint density at radius 1 is 1.26 bits per heavy atom. The van der Waals surface area contributed by atoms with Crippen LogP contribution in [-0.2, 0) is 16.0 Å². The average Bonchev–Trinajstić information content (AvgIpc) is 2.52. The lowest BCUT2D eigenvalue weighted by Crippen LogP contribution is -2.43. The van der Waals surface area contributed by atoms with Crippen LogP contribution in [0.3, 0.4) is 0 Å². The van der Waals surface area contributed by atoms with Crippen LogP contribution in [0.1, 0.15) is 37.4 Å². The van der Waals surface area contributed by atoms with Crippen molar-refractivity contribution in [1.29, 1.82) is 0 Å². The second kappa shape index (κ2) is 6.89. The van der Waals surface area contributed by atoms with Crippen molar-refractivity contribution in [3.05, 3.63) is 23.3 Å². The first-order valence-corrected chi connectivity index (χ1v) is 7.66. The van der Waals surface area contributed by atoms with E-state index < -0.39 is 12.0 Å². The predicted octanol–water partition coefficient (Wildman–Crippen LogP) is 2.26. The highest BCUT2D eigenvalue weighted by Gasteiger charge is 2.34. The molecule has 23 heavy (non-hydrogen) atoms. The molecule has 126 valence electrons. The molecule has 0 saturated heterocycles. The quantitative estimate of drug-likeness (QED) is 0.900. The molecule has 6 heteroatoms. The van der Waals surface area contributed by atoms with Crippen LogP contribution in [0.4, 0.5) is 0 Å². The number of hydrogen-bond donors (Lipinski definition) is 1. The van der Waals surface area contributed by atoms with Crippen LogP contribution in [-0.4, -0.2) is 42.6 Å². The first-order valence-electron chi connectivity index (χ1n) is 7.66. The van der Waals surface area contributed by atoms with E-state index in [9.17, 15) is 14.7 Å². The molecule has 0 spiro atoms. The maximum Gasteiger partial charge on any atom is 0.305 e. The second-order valence-electron chi connectivity index (χ2n) is 5.96. The summed E-state index contributed by atoms with van der Waals surface area (Å²) < 4.78 is 10.6. The molecule has 0 radical (unpaired) electrons. The Kier molecular flexibility index (Phi) is 5.13. The Hall–Kier alpha value is -2.24. The number of nitrogens with zero attached hydrogens (tertiary/aromatic N) is 1. The van der Waals surface area contributed by atoms with Gasteiger partial charge in [0.2, 0.25) is 5.91 Å². The molecule has 1 N–H and O–H groups in total. The summed E-state index contributed by atoms with van der Waals surface area (Å²) in [6.45, 7) is 4.16. The minimum atomic E-state index is -0.931. The summed E-state index contributed by atoms with van der Waals surface area (Å²) in [5.74, 6) is 0.0216. The fraction of sp³-hybridized carbons (Fsp3) is 0.529. The lowest BCUT2D eigenvalue weighted by Gasteiger charge is -2.38. The summed E-state index contributed by atoms with van der Waals surface area (Å²) in [5, 5.41) is 9.26. The van der Waals surface area contributed by atoms with Crippen LogP contribution in [0.15, 0.2) is 12.1 Å². The lowest BCUT2D eigenvalue weighted by atomic mass is 9.89. The molecule has 1 unspecified atom stereocenters. The van der Waals surface area contributed by atoms with Crippen molar-refractivity contribution in [2.45, 2.75) is 32.7 Å². The van der Waals surface area contributed by atoms with Gasteiger partial charge in [-0.25, -0.2) is 0 Å². The zero-order valence-electron chi connectivity index (χ0n) is 14.0. The number of rotatable bonds is 5. The van der Waals surface area contributed by atoms with Crippen molar-refractivity contribution in [2.75, 3.05) is 20.8 Å². The number of benzene rings is 1. The van der Waals surface area contributed by atoms with Crippen LogP contribution in [0.5, 0.6) is 11.5 Å². The first kappa shape index (κ1) is 17.1. The summed E-state index contributed by atoms with van der Waals surface area (Å²) in [7, 11) is 3.10. The highest BCUT2D eigenvalue weighted by atomic mass is 16.5. The number of carboxylic acid groups (broad SMARTS) is 1. The topological polar surface area (TPSA) is 76.1 Å². The van der Waals surface area contributed by atoms with Gasteiger partial charge in [0, 0.05) is 12.5 Å². The third-order valence-corrected chi connectivity index (χ3v) is 4.15. The van der Waals surface area contributed by atoms with Crippen LogP contribution in [0.25, 0.3) is 0 Å². The van der Waals surface area contributed by atoms with Crippen molar-refractivity contribution in [1.82, 2.24) is 4.90 Å². The van der Waals surface area contributed by atoms with Gasteiger partial charge in [0.25, 0.3) is 0 Å². The van der Waals surface area contributed by atoms with Crippen LogP contribution >= 0.6 is 0 Å². The summed E-state index contributed by atoms with van der Waals surface area (Å²) in [6, 6.07) is 3.19. The van der Waals surface area contributed by atoms with E-state index in [0.29, 0.717) is 24.5 Å². The Bertz CT molecular complexity index is 611. The van der Waals surface area contributed by atoms with Gasteiger partial charge in [-0.15, -0.1) is 0 Å². The van der Waals surface area contributed by atoms with E-state index in [2.05, 4.69) is 0 Å². The van der Waals surface area contributed by atoms with Crippen molar-refractivity contribution in [3.63, 3.8) is 0 Å². The summed E-state index contributed by atoms with van der Waals surface area (Å²) in [5.41, 5.74) is 1.83. The van der Waals surface area contributed by atoms with E-state index in [1.54, 1.807) is 18.1 Å². The zero-order valence-corrected chi connectivity index (χ0v) is 14.0. The fourth-order valence-corrected chi connectivity index (χ4v) is 3.01. The van der Waals surface area contributed by atoms with Gasteiger partial charge in [-0.1, -0.05) is 13.8 Å². The van der Waals surface area contributed by atoms with Gasteiger partial charge in [0.15, 0.2) is 11.5 Å². The SMILES string of the molecule is COc1cc2c(cc1OC)C(CC(=O)O)N(C(=O)C(C)C)CC2. The molecule has 1 amide bonds. The van der Waals surface area contributed by atoms with E-state index in [4.69, 9.17) is 9.47 Å². The Balaban J connectivity index is 2.50. The van der Waals surface area contributed by atoms with E-state index in [-0.39, 0.29) is 18.2 Å².